The van der Waals surface area contributed by atoms with Gasteiger partial charge in [-0.3, -0.25) is 0 Å². The van der Waals surface area contributed by atoms with Crippen molar-refractivity contribution in [3.63, 3.8) is 0 Å². The van der Waals surface area contributed by atoms with Gasteiger partial charge in [0.05, 0.1) is 3.79 Å². The molecule has 1 unspecified atom stereocenters. The Labute approximate surface area is 138 Å². The quantitative estimate of drug-likeness (QED) is 0.627. The second kappa shape index (κ2) is 8.66. The zero-order valence-electron chi connectivity index (χ0n) is 12.2. The lowest BCUT2D eigenvalue weighted by Crippen LogP contribution is -2.23. The van der Waals surface area contributed by atoms with Gasteiger partial charge in [0.2, 0.25) is 0 Å². The van der Waals surface area contributed by atoms with Gasteiger partial charge in [-0.15, -0.1) is 11.3 Å². The molecule has 0 bridgehead atoms. The molecule has 0 radical (unpaired) electrons. The average Bonchev–Trinajstić information content (AvgIpc) is 2.89. The summed E-state index contributed by atoms with van der Waals surface area (Å²) in [4.78, 5) is 1.38. The Bertz CT molecular complexity index is 538. The summed E-state index contributed by atoms with van der Waals surface area (Å²) >= 11 is 5.28. The zero-order valence-corrected chi connectivity index (χ0v) is 14.6. The third-order valence-electron chi connectivity index (χ3n) is 3.51. The van der Waals surface area contributed by atoms with Crippen LogP contribution in [0.15, 0.2) is 40.2 Å². The molecule has 0 spiro atoms. The summed E-state index contributed by atoms with van der Waals surface area (Å²) in [7, 11) is 0. The highest BCUT2D eigenvalue weighted by molar-refractivity contribution is 9.11. The van der Waals surface area contributed by atoms with Crippen molar-refractivity contribution in [2.24, 2.45) is 0 Å². The maximum Gasteiger partial charge on any atom is 0.123 e. The van der Waals surface area contributed by atoms with E-state index in [2.05, 4.69) is 40.3 Å². The molecule has 1 N–H and O–H groups in total. The van der Waals surface area contributed by atoms with Crippen LogP contribution in [-0.4, -0.2) is 6.54 Å². The highest BCUT2D eigenvalue weighted by Gasteiger charge is 2.10. The Morgan fingerprint density at radius 3 is 2.57 bits per heavy atom. The van der Waals surface area contributed by atoms with E-state index >= 15 is 0 Å². The molecule has 1 aromatic carbocycles. The van der Waals surface area contributed by atoms with Crippen molar-refractivity contribution in [1.29, 1.82) is 0 Å². The number of hydrogen-bond acceptors (Lipinski definition) is 2. The second-order valence-electron chi connectivity index (χ2n) is 5.16. The van der Waals surface area contributed by atoms with Crippen molar-refractivity contribution in [3.8, 4) is 0 Å². The molecule has 1 heterocycles. The zero-order chi connectivity index (χ0) is 15.1. The molecule has 1 atom stereocenters. The third kappa shape index (κ3) is 5.53. The Balaban J connectivity index is 1.91. The largest absolute Gasteiger partial charge is 0.310 e. The van der Waals surface area contributed by atoms with Crippen LogP contribution < -0.4 is 5.32 Å². The van der Waals surface area contributed by atoms with Crippen LogP contribution in [0, 0.1) is 5.82 Å². The molecular weight excluding hydrogens is 349 g/mol. The molecule has 21 heavy (non-hydrogen) atoms. The minimum atomic E-state index is -0.170. The normalized spacial score (nSPS) is 12.5. The molecular formula is C17H21BrFNS. The van der Waals surface area contributed by atoms with Crippen molar-refractivity contribution in [2.75, 3.05) is 6.54 Å². The Hall–Kier alpha value is -0.710. The van der Waals surface area contributed by atoms with Gasteiger partial charge in [-0.2, -0.15) is 0 Å². The van der Waals surface area contributed by atoms with E-state index in [-0.39, 0.29) is 5.82 Å². The van der Waals surface area contributed by atoms with Crippen molar-refractivity contribution in [2.45, 2.75) is 38.6 Å². The van der Waals surface area contributed by atoms with Crippen LogP contribution in [-0.2, 0) is 6.42 Å². The number of benzene rings is 1. The molecule has 0 fully saturated rings. The van der Waals surface area contributed by atoms with E-state index in [1.165, 1.54) is 27.1 Å². The maximum atomic E-state index is 13.1. The van der Waals surface area contributed by atoms with Gasteiger partial charge in [-0.25, -0.2) is 4.39 Å². The fraction of sp³-hybridized carbons (Fsp3) is 0.412. The van der Waals surface area contributed by atoms with Gasteiger partial charge in [0.1, 0.15) is 5.82 Å². The van der Waals surface area contributed by atoms with Gasteiger partial charge in [0.15, 0.2) is 0 Å². The van der Waals surface area contributed by atoms with Gasteiger partial charge in [0.25, 0.3) is 0 Å². The fourth-order valence-corrected chi connectivity index (χ4v) is 3.83. The average molecular weight is 370 g/mol. The van der Waals surface area contributed by atoms with E-state index in [4.69, 9.17) is 0 Å². The maximum absolute atomic E-state index is 13.1. The van der Waals surface area contributed by atoms with E-state index in [1.807, 2.05) is 12.1 Å². The van der Waals surface area contributed by atoms with E-state index < -0.39 is 0 Å². The summed E-state index contributed by atoms with van der Waals surface area (Å²) in [6, 6.07) is 11.5. The second-order valence-corrected chi connectivity index (χ2v) is 7.70. The van der Waals surface area contributed by atoms with Crippen LogP contribution >= 0.6 is 27.3 Å². The van der Waals surface area contributed by atoms with Gasteiger partial charge >= 0.3 is 0 Å². The first-order chi connectivity index (χ1) is 10.2. The highest BCUT2D eigenvalue weighted by atomic mass is 79.9. The fourth-order valence-electron chi connectivity index (χ4n) is 2.35. The number of thiophene rings is 1. The number of hydrogen-bond donors (Lipinski definition) is 1. The van der Waals surface area contributed by atoms with Crippen LogP contribution in [0.5, 0.6) is 0 Å². The minimum absolute atomic E-state index is 0.170. The lowest BCUT2D eigenvalue weighted by molar-refractivity contribution is 0.484. The van der Waals surface area contributed by atoms with Gasteiger partial charge < -0.3 is 5.32 Å². The van der Waals surface area contributed by atoms with Crippen LogP contribution in [0.3, 0.4) is 0 Å². The van der Waals surface area contributed by atoms with Crippen molar-refractivity contribution in [3.05, 3.63) is 56.4 Å². The van der Waals surface area contributed by atoms with Crippen LogP contribution in [0.2, 0.25) is 0 Å². The first-order valence-corrected chi connectivity index (χ1v) is 9.03. The molecule has 1 aromatic heterocycles. The standard InChI is InChI=1S/C17H21BrFNS/c1-2-3-4-16(13-5-7-14(19)8-6-13)20-12-11-15-9-10-17(18)21-15/h5-10,16,20H,2-4,11-12H2,1H3. The van der Waals surface area contributed by atoms with Crippen LogP contribution in [0.1, 0.15) is 42.7 Å². The van der Waals surface area contributed by atoms with Crippen molar-refractivity contribution in [1.82, 2.24) is 5.32 Å². The van der Waals surface area contributed by atoms with E-state index in [9.17, 15) is 4.39 Å². The van der Waals surface area contributed by atoms with Crippen LogP contribution in [0.25, 0.3) is 0 Å². The molecule has 114 valence electrons. The predicted octanol–water partition coefficient (Wildman–Crippen LogP) is 5.71. The molecule has 2 rings (SSSR count). The minimum Gasteiger partial charge on any atom is -0.310 e. The first-order valence-electron chi connectivity index (χ1n) is 7.42. The molecule has 0 amide bonds. The summed E-state index contributed by atoms with van der Waals surface area (Å²) < 4.78 is 14.2. The smallest absolute Gasteiger partial charge is 0.123 e. The molecule has 1 nitrogen and oxygen atoms in total. The van der Waals surface area contributed by atoms with Crippen molar-refractivity contribution < 1.29 is 4.39 Å². The monoisotopic (exact) mass is 369 g/mol. The predicted molar refractivity (Wildman–Crippen MR) is 92.4 cm³/mol. The highest BCUT2D eigenvalue weighted by Crippen LogP contribution is 2.23. The summed E-state index contributed by atoms with van der Waals surface area (Å²) in [5, 5.41) is 3.62. The lowest BCUT2D eigenvalue weighted by Gasteiger charge is -2.19. The van der Waals surface area contributed by atoms with Crippen molar-refractivity contribution >= 4 is 27.3 Å². The third-order valence-corrected chi connectivity index (χ3v) is 5.19. The molecule has 4 heteroatoms. The summed E-state index contributed by atoms with van der Waals surface area (Å²) in [5.41, 5.74) is 1.18. The number of nitrogens with one attached hydrogen (secondary N) is 1. The Morgan fingerprint density at radius 2 is 1.95 bits per heavy atom. The van der Waals surface area contributed by atoms with Crippen LogP contribution in [0.4, 0.5) is 4.39 Å². The molecule has 2 aromatic rings. The molecule has 0 aliphatic rings. The summed E-state index contributed by atoms with van der Waals surface area (Å²) in [6.07, 6.45) is 4.48. The van der Waals surface area contributed by atoms with E-state index in [0.717, 1.165) is 19.4 Å². The Morgan fingerprint density at radius 1 is 1.19 bits per heavy atom. The van der Waals surface area contributed by atoms with E-state index in [1.54, 1.807) is 23.5 Å². The van der Waals surface area contributed by atoms with Gasteiger partial charge in [-0.1, -0.05) is 31.9 Å². The molecule has 0 saturated heterocycles. The topological polar surface area (TPSA) is 12.0 Å². The number of halogens is 2. The summed E-state index contributed by atoms with van der Waals surface area (Å²) in [5.74, 6) is -0.170. The lowest BCUT2D eigenvalue weighted by atomic mass is 10.0. The van der Waals surface area contributed by atoms with E-state index in [0.29, 0.717) is 6.04 Å². The van der Waals surface area contributed by atoms with Gasteiger partial charge in [-0.05, 0) is 58.6 Å². The first kappa shape index (κ1) is 16.7. The van der Waals surface area contributed by atoms with Gasteiger partial charge in [0, 0.05) is 17.5 Å². The Kier molecular flexibility index (Phi) is 6.87. The molecule has 0 saturated carbocycles. The number of unbranched alkanes of at least 4 members (excludes halogenated alkanes) is 1. The number of rotatable bonds is 8. The molecule has 0 aliphatic carbocycles. The SMILES string of the molecule is CCCCC(NCCc1ccc(Br)s1)c1ccc(F)cc1. The summed E-state index contributed by atoms with van der Waals surface area (Å²) in [6.45, 7) is 3.14. The molecule has 0 aliphatic heterocycles.